The minimum atomic E-state index is -0.0985. The Labute approximate surface area is 125 Å². The maximum absolute atomic E-state index is 9.42. The molecule has 106 valence electrons. The van der Waals surface area contributed by atoms with Gasteiger partial charge in [0.05, 0.1) is 11.6 Å². The van der Waals surface area contributed by atoms with Gasteiger partial charge in [-0.3, -0.25) is 0 Å². The molecule has 2 rings (SSSR count). The van der Waals surface area contributed by atoms with Gasteiger partial charge in [0, 0.05) is 5.56 Å². The first-order chi connectivity index (χ1) is 9.52. The monoisotopic (exact) mass is 290 g/mol. The first kappa shape index (κ1) is 14.9. The Hall–Kier alpha value is -1.51. The van der Waals surface area contributed by atoms with Crippen LogP contribution >= 0.6 is 11.6 Å². The van der Waals surface area contributed by atoms with E-state index in [0.717, 1.165) is 16.9 Å². The summed E-state index contributed by atoms with van der Waals surface area (Å²) in [5.41, 5.74) is 2.94. The van der Waals surface area contributed by atoms with E-state index in [-0.39, 0.29) is 6.61 Å². The Morgan fingerprint density at radius 2 is 1.95 bits per heavy atom. The zero-order valence-electron chi connectivity index (χ0n) is 12.0. The summed E-state index contributed by atoms with van der Waals surface area (Å²) in [5, 5.41) is 9.92. The third kappa shape index (κ3) is 3.14. The molecule has 0 unspecified atom stereocenters. The van der Waals surface area contributed by atoms with Gasteiger partial charge in [0.15, 0.2) is 5.75 Å². The fourth-order valence-corrected chi connectivity index (χ4v) is 2.34. The van der Waals surface area contributed by atoms with Gasteiger partial charge in [-0.1, -0.05) is 49.7 Å². The third-order valence-corrected chi connectivity index (χ3v) is 3.52. The van der Waals surface area contributed by atoms with Crippen LogP contribution in [-0.2, 0) is 6.61 Å². The fourth-order valence-electron chi connectivity index (χ4n) is 2.11. The summed E-state index contributed by atoms with van der Waals surface area (Å²) in [6.07, 6.45) is 0. The van der Waals surface area contributed by atoms with Gasteiger partial charge in [0.25, 0.3) is 0 Å². The number of hydrogen-bond donors (Lipinski definition) is 1. The molecule has 0 saturated carbocycles. The van der Waals surface area contributed by atoms with Crippen molar-refractivity contribution in [3.05, 3.63) is 58.1 Å². The quantitative estimate of drug-likeness (QED) is 0.853. The smallest absolute Gasteiger partial charge is 0.151 e. The van der Waals surface area contributed by atoms with Gasteiger partial charge in [-0.05, 0) is 36.1 Å². The molecule has 3 heteroatoms. The van der Waals surface area contributed by atoms with E-state index in [4.69, 9.17) is 16.3 Å². The van der Waals surface area contributed by atoms with Gasteiger partial charge in [0.1, 0.15) is 5.75 Å². The van der Waals surface area contributed by atoms with Crippen LogP contribution in [0.15, 0.2) is 36.4 Å². The molecule has 0 aliphatic rings. The van der Waals surface area contributed by atoms with Crippen LogP contribution < -0.4 is 4.74 Å². The predicted molar refractivity (Wildman–Crippen MR) is 82.7 cm³/mol. The van der Waals surface area contributed by atoms with Crippen LogP contribution in [0, 0.1) is 6.92 Å². The predicted octanol–water partition coefficient (Wildman–Crippen LogP) is 5.06. The number of aliphatic hydroxyl groups excluding tert-OH is 1. The van der Waals surface area contributed by atoms with E-state index >= 15 is 0 Å². The molecular weight excluding hydrogens is 272 g/mol. The maximum Gasteiger partial charge on any atom is 0.151 e. The van der Waals surface area contributed by atoms with Crippen molar-refractivity contribution < 1.29 is 9.84 Å². The number of ether oxygens (including phenoxy) is 1. The van der Waals surface area contributed by atoms with Gasteiger partial charge in [-0.25, -0.2) is 0 Å². The van der Waals surface area contributed by atoms with E-state index in [9.17, 15) is 5.11 Å². The van der Waals surface area contributed by atoms with Crippen molar-refractivity contribution in [1.29, 1.82) is 0 Å². The number of aryl methyl sites for hydroxylation is 1. The molecule has 2 aromatic rings. The zero-order valence-corrected chi connectivity index (χ0v) is 12.7. The molecule has 0 radical (unpaired) electrons. The Morgan fingerprint density at radius 3 is 2.60 bits per heavy atom. The number of rotatable bonds is 4. The van der Waals surface area contributed by atoms with E-state index in [1.165, 1.54) is 0 Å². The Balaban J connectivity index is 2.47. The molecule has 0 aromatic heterocycles. The minimum absolute atomic E-state index is 0.0985. The molecule has 2 aromatic carbocycles. The number of hydrogen-bond acceptors (Lipinski definition) is 2. The van der Waals surface area contributed by atoms with Gasteiger partial charge >= 0.3 is 0 Å². The van der Waals surface area contributed by atoms with Crippen molar-refractivity contribution in [3.63, 3.8) is 0 Å². The van der Waals surface area contributed by atoms with Crippen molar-refractivity contribution >= 4 is 11.6 Å². The first-order valence-corrected chi connectivity index (χ1v) is 7.07. The number of halogens is 1. The van der Waals surface area contributed by atoms with Crippen molar-refractivity contribution in [2.45, 2.75) is 33.3 Å². The number of benzene rings is 2. The van der Waals surface area contributed by atoms with Gasteiger partial charge in [-0.2, -0.15) is 0 Å². The molecule has 0 heterocycles. The summed E-state index contributed by atoms with van der Waals surface area (Å²) >= 11 is 6.19. The molecule has 0 amide bonds. The maximum atomic E-state index is 9.42. The Morgan fingerprint density at radius 1 is 1.20 bits per heavy atom. The standard InChI is InChI=1S/C17H19ClO2/c1-11(2)14-8-7-12(3)9-16(14)20-17-13(10-19)5-4-6-15(17)18/h4-9,11,19H,10H2,1-3H3. The summed E-state index contributed by atoms with van der Waals surface area (Å²) < 4.78 is 6.01. The third-order valence-electron chi connectivity index (χ3n) is 3.22. The SMILES string of the molecule is Cc1ccc(C(C)C)c(Oc2c(Cl)cccc2CO)c1. The van der Waals surface area contributed by atoms with Crippen molar-refractivity contribution in [2.75, 3.05) is 0 Å². The fraction of sp³-hybridized carbons (Fsp3) is 0.294. The van der Waals surface area contributed by atoms with E-state index in [1.54, 1.807) is 12.1 Å². The topological polar surface area (TPSA) is 29.5 Å². The molecule has 0 saturated heterocycles. The van der Waals surface area contributed by atoms with Crippen LogP contribution in [0.5, 0.6) is 11.5 Å². The van der Waals surface area contributed by atoms with Crippen molar-refractivity contribution in [1.82, 2.24) is 0 Å². The van der Waals surface area contributed by atoms with Crippen LogP contribution in [0.25, 0.3) is 0 Å². The average molecular weight is 291 g/mol. The van der Waals surface area contributed by atoms with Crippen LogP contribution in [0.4, 0.5) is 0 Å². The van der Waals surface area contributed by atoms with Crippen LogP contribution in [-0.4, -0.2) is 5.11 Å². The lowest BCUT2D eigenvalue weighted by Gasteiger charge is -2.17. The Bertz CT molecular complexity index is 606. The van der Waals surface area contributed by atoms with Crippen LogP contribution in [0.1, 0.15) is 36.5 Å². The lowest BCUT2D eigenvalue weighted by atomic mass is 10.0. The largest absolute Gasteiger partial charge is 0.455 e. The second kappa shape index (κ2) is 6.29. The minimum Gasteiger partial charge on any atom is -0.455 e. The highest BCUT2D eigenvalue weighted by Gasteiger charge is 2.13. The molecule has 0 fully saturated rings. The summed E-state index contributed by atoms with van der Waals surface area (Å²) in [5.74, 6) is 1.68. The van der Waals surface area contributed by atoms with E-state index < -0.39 is 0 Å². The normalized spacial score (nSPS) is 10.9. The van der Waals surface area contributed by atoms with E-state index in [2.05, 4.69) is 26.0 Å². The molecule has 0 bridgehead atoms. The highest BCUT2D eigenvalue weighted by molar-refractivity contribution is 6.32. The number of aliphatic hydroxyl groups is 1. The highest BCUT2D eigenvalue weighted by atomic mass is 35.5. The number of para-hydroxylation sites is 1. The molecule has 1 N–H and O–H groups in total. The van der Waals surface area contributed by atoms with E-state index in [1.807, 2.05) is 19.1 Å². The molecule has 0 spiro atoms. The molecule has 20 heavy (non-hydrogen) atoms. The summed E-state index contributed by atoms with van der Waals surface area (Å²) in [4.78, 5) is 0. The summed E-state index contributed by atoms with van der Waals surface area (Å²) in [6, 6.07) is 11.5. The lowest BCUT2D eigenvalue weighted by Crippen LogP contribution is -1.98. The average Bonchev–Trinajstić information content (AvgIpc) is 2.40. The summed E-state index contributed by atoms with van der Waals surface area (Å²) in [6.45, 7) is 6.17. The van der Waals surface area contributed by atoms with E-state index in [0.29, 0.717) is 22.3 Å². The molecule has 0 aliphatic heterocycles. The second-order valence-corrected chi connectivity index (χ2v) is 5.59. The zero-order chi connectivity index (χ0) is 14.7. The molecule has 0 aliphatic carbocycles. The van der Waals surface area contributed by atoms with Gasteiger partial charge in [-0.15, -0.1) is 0 Å². The second-order valence-electron chi connectivity index (χ2n) is 5.18. The molecular formula is C17H19ClO2. The molecule has 0 atom stereocenters. The highest BCUT2D eigenvalue weighted by Crippen LogP contribution is 2.37. The lowest BCUT2D eigenvalue weighted by molar-refractivity contribution is 0.276. The van der Waals surface area contributed by atoms with Crippen LogP contribution in [0.2, 0.25) is 5.02 Å². The first-order valence-electron chi connectivity index (χ1n) is 6.69. The molecule has 2 nitrogen and oxygen atoms in total. The van der Waals surface area contributed by atoms with Crippen molar-refractivity contribution in [3.8, 4) is 11.5 Å². The van der Waals surface area contributed by atoms with Crippen molar-refractivity contribution in [2.24, 2.45) is 0 Å². The van der Waals surface area contributed by atoms with Gasteiger partial charge < -0.3 is 9.84 Å². The van der Waals surface area contributed by atoms with Crippen LogP contribution in [0.3, 0.4) is 0 Å². The summed E-state index contributed by atoms with van der Waals surface area (Å²) in [7, 11) is 0. The Kier molecular flexibility index (Phi) is 4.69. The van der Waals surface area contributed by atoms with Gasteiger partial charge in [0.2, 0.25) is 0 Å².